The molecule has 5 rings (SSSR count). The number of fused-ring (bicyclic) bond motifs is 2. The van der Waals surface area contributed by atoms with Crippen LogP contribution in [0.2, 0.25) is 0 Å². The highest BCUT2D eigenvalue weighted by Crippen LogP contribution is 2.36. The molecule has 0 bridgehead atoms. The van der Waals surface area contributed by atoms with E-state index >= 15 is 0 Å². The van der Waals surface area contributed by atoms with Crippen molar-refractivity contribution in [1.29, 1.82) is 0 Å². The molecule has 2 aromatic heterocycles. The Labute approximate surface area is 232 Å². The number of nitrogens with zero attached hydrogens (tertiary/aromatic N) is 3. The lowest BCUT2D eigenvalue weighted by molar-refractivity contribution is -0.139. The fraction of sp³-hybridized carbons (Fsp3) is 0.276. The number of ether oxygens (including phenoxy) is 2. The molecule has 0 amide bonds. The van der Waals surface area contributed by atoms with E-state index in [-0.39, 0.29) is 12.2 Å². The van der Waals surface area contributed by atoms with Gasteiger partial charge in [-0.2, -0.15) is 0 Å². The predicted octanol–water partition coefficient (Wildman–Crippen LogP) is 4.84. The fourth-order valence-corrected chi connectivity index (χ4v) is 6.49. The highest BCUT2D eigenvalue weighted by Gasteiger charge is 2.34. The maximum absolute atomic E-state index is 14.0. The van der Waals surface area contributed by atoms with Gasteiger partial charge in [0.25, 0.3) is 5.56 Å². The Bertz CT molecular complexity index is 1760. The molecule has 0 aliphatic carbocycles. The van der Waals surface area contributed by atoms with Gasteiger partial charge in [-0.1, -0.05) is 48.9 Å². The Morgan fingerprint density at radius 1 is 1.21 bits per heavy atom. The molecule has 196 valence electrons. The smallest absolute Gasteiger partial charge is 0.338 e. The highest BCUT2D eigenvalue weighted by molar-refractivity contribution is 9.10. The summed E-state index contributed by atoms with van der Waals surface area (Å²) < 4.78 is 15.9. The molecule has 2 aromatic carbocycles. The zero-order valence-corrected chi connectivity index (χ0v) is 24.1. The zero-order chi connectivity index (χ0) is 27.0. The minimum absolute atomic E-state index is 0.198. The number of carbonyl (C=O) groups excluding carboxylic acids is 1. The second kappa shape index (κ2) is 10.7. The van der Waals surface area contributed by atoms with Gasteiger partial charge >= 0.3 is 5.97 Å². The van der Waals surface area contributed by atoms with E-state index in [4.69, 9.17) is 14.5 Å². The summed E-state index contributed by atoms with van der Waals surface area (Å²) in [4.78, 5) is 32.8. The van der Waals surface area contributed by atoms with E-state index in [1.165, 1.54) is 11.3 Å². The summed E-state index contributed by atoms with van der Waals surface area (Å²) in [6.07, 6.45) is 5.33. The average Bonchev–Trinajstić information content (AvgIpc) is 3.39. The Hall–Kier alpha value is -3.43. The molecule has 0 radical (unpaired) electrons. The average molecular weight is 595 g/mol. The Morgan fingerprint density at radius 2 is 2.00 bits per heavy atom. The van der Waals surface area contributed by atoms with E-state index in [0.717, 1.165) is 32.9 Å². The maximum atomic E-state index is 14.0. The van der Waals surface area contributed by atoms with Crippen LogP contribution in [0, 0.1) is 0 Å². The van der Waals surface area contributed by atoms with E-state index in [1.54, 1.807) is 18.6 Å². The molecule has 0 saturated heterocycles. The van der Waals surface area contributed by atoms with Gasteiger partial charge < -0.3 is 14.0 Å². The molecular weight excluding hydrogens is 566 g/mol. The molecule has 38 heavy (non-hydrogen) atoms. The molecule has 4 aromatic rings. The highest BCUT2D eigenvalue weighted by atomic mass is 79.9. The molecule has 0 N–H and O–H groups in total. The van der Waals surface area contributed by atoms with Gasteiger partial charge in [-0.15, -0.1) is 0 Å². The summed E-state index contributed by atoms with van der Waals surface area (Å²) in [5.41, 5.74) is 3.66. The molecule has 1 aliphatic heterocycles. The Morgan fingerprint density at radius 3 is 2.71 bits per heavy atom. The van der Waals surface area contributed by atoms with Crippen LogP contribution in [0.15, 0.2) is 74.2 Å². The second-order valence-corrected chi connectivity index (χ2v) is 10.9. The predicted molar refractivity (Wildman–Crippen MR) is 153 cm³/mol. The van der Waals surface area contributed by atoms with E-state index < -0.39 is 12.0 Å². The lowest BCUT2D eigenvalue weighted by Gasteiger charge is -2.26. The summed E-state index contributed by atoms with van der Waals surface area (Å²) >= 11 is 4.90. The number of allylic oxidation sites excluding steroid dienone is 1. The van der Waals surface area contributed by atoms with Crippen LogP contribution in [0.4, 0.5) is 0 Å². The second-order valence-electron chi connectivity index (χ2n) is 9.02. The molecule has 0 unspecified atom stereocenters. The summed E-state index contributed by atoms with van der Waals surface area (Å²) in [5.74, 6) is 0.201. The molecular formula is C29H28BrN3O4S. The molecule has 1 atom stereocenters. The summed E-state index contributed by atoms with van der Waals surface area (Å²) in [7, 11) is 3.59. The molecule has 9 heteroatoms. The fourth-order valence-electron chi connectivity index (χ4n) is 4.92. The van der Waals surface area contributed by atoms with Crippen molar-refractivity contribution in [3.8, 4) is 5.75 Å². The van der Waals surface area contributed by atoms with Crippen LogP contribution in [0.25, 0.3) is 17.0 Å². The normalized spacial score (nSPS) is 15.5. The van der Waals surface area contributed by atoms with Crippen LogP contribution in [0.5, 0.6) is 5.75 Å². The number of carbonyl (C=O) groups is 1. The first-order valence-corrected chi connectivity index (χ1v) is 14.1. The number of hydrogen-bond acceptors (Lipinski definition) is 6. The van der Waals surface area contributed by atoms with Crippen molar-refractivity contribution in [2.45, 2.75) is 32.7 Å². The topological polar surface area (TPSA) is 74.8 Å². The van der Waals surface area contributed by atoms with Crippen molar-refractivity contribution in [3.63, 3.8) is 0 Å². The first kappa shape index (κ1) is 26.2. The van der Waals surface area contributed by atoms with Crippen LogP contribution in [0.1, 0.15) is 43.9 Å². The van der Waals surface area contributed by atoms with Gasteiger partial charge in [0.2, 0.25) is 0 Å². The van der Waals surface area contributed by atoms with E-state index in [1.807, 2.05) is 67.2 Å². The maximum Gasteiger partial charge on any atom is 0.338 e. The van der Waals surface area contributed by atoms with Gasteiger partial charge in [0.15, 0.2) is 4.80 Å². The Kier molecular flexibility index (Phi) is 7.40. The minimum atomic E-state index is -0.677. The van der Waals surface area contributed by atoms with Crippen molar-refractivity contribution in [1.82, 2.24) is 9.13 Å². The Balaban J connectivity index is 1.78. The van der Waals surface area contributed by atoms with E-state index in [9.17, 15) is 9.59 Å². The molecule has 0 saturated carbocycles. The summed E-state index contributed by atoms with van der Waals surface area (Å²) in [6.45, 7) is 4.04. The summed E-state index contributed by atoms with van der Waals surface area (Å²) in [6, 6.07) is 13.0. The number of aryl methyl sites for hydroxylation is 1. The standard InChI is InChI=1S/C29H28BrN3O4S/c1-5-9-21-25(28(35)37-6-2)26(17-12-13-23(36-4)20(30)14-17)33-27(34)24(38-29(33)31-21)15-18-16-32(3)22-11-8-7-10-19(18)22/h7-8,10-16,26H,5-6,9H2,1-4H3/b24-15-/t26-/m1/s1. The molecule has 0 spiro atoms. The number of aromatic nitrogens is 2. The quantitative estimate of drug-likeness (QED) is 0.287. The van der Waals surface area contributed by atoms with Gasteiger partial charge in [-0.05, 0) is 59.1 Å². The number of benzene rings is 2. The van der Waals surface area contributed by atoms with E-state index in [2.05, 4.69) is 22.0 Å². The summed E-state index contributed by atoms with van der Waals surface area (Å²) in [5, 5.41) is 1.07. The minimum Gasteiger partial charge on any atom is -0.496 e. The van der Waals surface area contributed by atoms with Crippen molar-refractivity contribution < 1.29 is 14.3 Å². The van der Waals surface area contributed by atoms with Crippen molar-refractivity contribution in [3.05, 3.63) is 95.2 Å². The lowest BCUT2D eigenvalue weighted by atomic mass is 9.94. The number of para-hydroxylation sites is 1. The first-order chi connectivity index (χ1) is 18.4. The third-order valence-electron chi connectivity index (χ3n) is 6.60. The number of rotatable bonds is 7. The van der Waals surface area contributed by atoms with Gasteiger partial charge in [0, 0.05) is 29.7 Å². The van der Waals surface area contributed by atoms with Crippen molar-refractivity contribution >= 4 is 50.2 Å². The van der Waals surface area contributed by atoms with Crippen molar-refractivity contribution in [2.24, 2.45) is 12.0 Å². The first-order valence-electron chi connectivity index (χ1n) is 12.5. The van der Waals surface area contributed by atoms with Crippen LogP contribution >= 0.6 is 27.3 Å². The molecule has 7 nitrogen and oxygen atoms in total. The third-order valence-corrected chi connectivity index (χ3v) is 8.20. The third kappa shape index (κ3) is 4.54. The van der Waals surface area contributed by atoms with Gasteiger partial charge in [0.05, 0.1) is 40.0 Å². The van der Waals surface area contributed by atoms with E-state index in [0.29, 0.717) is 32.8 Å². The number of methoxy groups -OCH3 is 1. The van der Waals surface area contributed by atoms with Crippen LogP contribution in [0.3, 0.4) is 0 Å². The molecule has 0 fully saturated rings. The lowest BCUT2D eigenvalue weighted by Crippen LogP contribution is -2.40. The SMILES string of the molecule is CCCC1=C(C(=O)OCC)[C@@H](c2ccc(OC)c(Br)c2)n2c(s/c(=C\c3cn(C)c4ccccc34)c2=O)=N1. The van der Waals surface area contributed by atoms with Crippen LogP contribution in [-0.4, -0.2) is 28.8 Å². The van der Waals surface area contributed by atoms with Gasteiger partial charge in [-0.3, -0.25) is 9.36 Å². The number of thiazole rings is 1. The zero-order valence-electron chi connectivity index (χ0n) is 21.7. The molecule has 1 aliphatic rings. The molecule has 3 heterocycles. The van der Waals surface area contributed by atoms with Crippen molar-refractivity contribution in [2.75, 3.05) is 13.7 Å². The largest absolute Gasteiger partial charge is 0.496 e. The number of hydrogen-bond donors (Lipinski definition) is 0. The van der Waals surface area contributed by atoms with Crippen LogP contribution < -0.4 is 19.6 Å². The monoisotopic (exact) mass is 593 g/mol. The van der Waals surface area contributed by atoms with Gasteiger partial charge in [-0.25, -0.2) is 9.79 Å². The van der Waals surface area contributed by atoms with Gasteiger partial charge in [0.1, 0.15) is 5.75 Å². The number of esters is 1. The number of halogens is 1. The van der Waals surface area contributed by atoms with Crippen LogP contribution in [-0.2, 0) is 16.6 Å².